The Morgan fingerprint density at radius 1 is 1.54 bits per heavy atom. The minimum Gasteiger partial charge on any atom is -0.502 e. The summed E-state index contributed by atoms with van der Waals surface area (Å²) in [6.07, 6.45) is 1.16. The van der Waals surface area contributed by atoms with E-state index in [0.717, 1.165) is 12.5 Å². The maximum Gasteiger partial charge on any atom is 0.314 e. The lowest BCUT2D eigenvalue weighted by Gasteiger charge is -1.93. The molecule has 1 aromatic heterocycles. The summed E-state index contributed by atoms with van der Waals surface area (Å²) in [6.45, 7) is 0. The van der Waals surface area contributed by atoms with Crippen LogP contribution >= 0.6 is 0 Å². The van der Waals surface area contributed by atoms with E-state index in [4.69, 9.17) is 4.42 Å². The van der Waals surface area contributed by atoms with Gasteiger partial charge in [0, 0.05) is 6.07 Å². The van der Waals surface area contributed by atoms with Gasteiger partial charge in [0.25, 0.3) is 0 Å². The minimum atomic E-state index is -0.683. The Hall–Kier alpha value is -2.11. The van der Waals surface area contributed by atoms with Crippen LogP contribution in [0.15, 0.2) is 22.9 Å². The highest BCUT2D eigenvalue weighted by Gasteiger charge is 2.15. The number of nitro benzene ring substituents is 1. The molecule has 1 heterocycles. The number of oxazole rings is 1. The van der Waals surface area contributed by atoms with Crippen LogP contribution in [0.3, 0.4) is 0 Å². The molecule has 6 nitrogen and oxygen atoms in total. The van der Waals surface area contributed by atoms with Gasteiger partial charge in [0.05, 0.1) is 11.0 Å². The highest BCUT2D eigenvalue weighted by molar-refractivity contribution is 5.78. The van der Waals surface area contributed by atoms with E-state index < -0.39 is 10.7 Å². The van der Waals surface area contributed by atoms with Crippen molar-refractivity contribution in [3.8, 4) is 5.75 Å². The zero-order valence-corrected chi connectivity index (χ0v) is 6.30. The Balaban J connectivity index is 2.76. The maximum atomic E-state index is 10.4. The van der Waals surface area contributed by atoms with Crippen LogP contribution in [0, 0.1) is 10.1 Å². The smallest absolute Gasteiger partial charge is 0.314 e. The topological polar surface area (TPSA) is 89.4 Å². The predicted octanol–water partition coefficient (Wildman–Crippen LogP) is 1.44. The van der Waals surface area contributed by atoms with Crippen LogP contribution < -0.4 is 0 Å². The van der Waals surface area contributed by atoms with Crippen LogP contribution in [0.25, 0.3) is 11.1 Å². The Bertz CT molecular complexity index is 476. The van der Waals surface area contributed by atoms with Gasteiger partial charge in [0.2, 0.25) is 0 Å². The number of phenols is 1. The molecule has 0 atom stereocenters. The highest BCUT2D eigenvalue weighted by Crippen LogP contribution is 2.29. The molecule has 0 aliphatic rings. The third kappa shape index (κ3) is 1.08. The van der Waals surface area contributed by atoms with Crippen molar-refractivity contribution in [2.24, 2.45) is 0 Å². The third-order valence-corrected chi connectivity index (χ3v) is 1.62. The summed E-state index contributed by atoms with van der Waals surface area (Å²) in [5, 5.41) is 19.5. The fourth-order valence-electron chi connectivity index (χ4n) is 1.03. The second kappa shape index (κ2) is 2.44. The summed E-state index contributed by atoms with van der Waals surface area (Å²) >= 11 is 0. The molecule has 0 bridgehead atoms. The number of nitrogens with zero attached hydrogens (tertiary/aromatic N) is 2. The van der Waals surface area contributed by atoms with E-state index >= 15 is 0 Å². The van der Waals surface area contributed by atoms with Gasteiger partial charge in [-0.25, -0.2) is 4.98 Å². The molecule has 0 unspecified atom stereocenters. The number of aromatic hydroxyl groups is 1. The van der Waals surface area contributed by atoms with Crippen molar-refractivity contribution >= 4 is 16.8 Å². The van der Waals surface area contributed by atoms with E-state index in [-0.39, 0.29) is 11.3 Å². The van der Waals surface area contributed by atoms with Gasteiger partial charge in [-0.05, 0) is 0 Å². The monoisotopic (exact) mass is 180 g/mol. The first-order chi connectivity index (χ1) is 6.18. The van der Waals surface area contributed by atoms with Crippen LogP contribution in [0.5, 0.6) is 5.75 Å². The lowest BCUT2D eigenvalue weighted by atomic mass is 10.2. The van der Waals surface area contributed by atoms with Gasteiger partial charge in [-0.2, -0.15) is 0 Å². The van der Waals surface area contributed by atoms with Crippen molar-refractivity contribution in [2.75, 3.05) is 0 Å². The largest absolute Gasteiger partial charge is 0.502 e. The second-order valence-corrected chi connectivity index (χ2v) is 2.42. The molecule has 6 heteroatoms. The first-order valence-electron chi connectivity index (χ1n) is 3.39. The van der Waals surface area contributed by atoms with Crippen molar-refractivity contribution in [3.63, 3.8) is 0 Å². The fourth-order valence-corrected chi connectivity index (χ4v) is 1.03. The molecule has 0 aliphatic heterocycles. The van der Waals surface area contributed by atoms with Gasteiger partial charge in [0.15, 0.2) is 17.7 Å². The summed E-state index contributed by atoms with van der Waals surface area (Å²) in [5.41, 5.74) is 0.289. The summed E-state index contributed by atoms with van der Waals surface area (Å²) < 4.78 is 4.84. The van der Waals surface area contributed by atoms with Crippen LogP contribution in [-0.4, -0.2) is 15.0 Å². The van der Waals surface area contributed by atoms with Crippen molar-refractivity contribution in [1.82, 2.24) is 4.98 Å². The standard InChI is InChI=1S/C7H4N2O4/c10-6-1-4-7(13-3-8-4)2-5(6)9(11)12/h1-3,10H. The first kappa shape index (κ1) is 7.53. The van der Waals surface area contributed by atoms with Crippen molar-refractivity contribution in [2.45, 2.75) is 0 Å². The number of aromatic nitrogens is 1. The Morgan fingerprint density at radius 2 is 2.31 bits per heavy atom. The van der Waals surface area contributed by atoms with Gasteiger partial charge in [-0.3, -0.25) is 10.1 Å². The van der Waals surface area contributed by atoms with Gasteiger partial charge in [-0.1, -0.05) is 0 Å². The molecule has 0 aliphatic carbocycles. The van der Waals surface area contributed by atoms with Crippen LogP contribution in [0.4, 0.5) is 5.69 Å². The van der Waals surface area contributed by atoms with Crippen molar-refractivity contribution < 1.29 is 14.4 Å². The highest BCUT2D eigenvalue weighted by atomic mass is 16.6. The number of nitro groups is 1. The Labute approximate surface area is 71.6 Å². The molecular formula is C7H4N2O4. The zero-order chi connectivity index (χ0) is 9.42. The number of phenolic OH excluding ortho intramolecular Hbond substituents is 1. The molecule has 66 valence electrons. The molecule has 2 rings (SSSR count). The molecule has 13 heavy (non-hydrogen) atoms. The number of rotatable bonds is 1. The summed E-state index contributed by atoms with van der Waals surface area (Å²) in [6, 6.07) is 2.33. The second-order valence-electron chi connectivity index (χ2n) is 2.42. The van der Waals surface area contributed by atoms with Gasteiger partial charge >= 0.3 is 5.69 Å². The van der Waals surface area contributed by atoms with E-state index in [0.29, 0.717) is 5.52 Å². The first-order valence-corrected chi connectivity index (χ1v) is 3.39. The molecule has 1 aromatic carbocycles. The van der Waals surface area contributed by atoms with E-state index in [1.54, 1.807) is 0 Å². The molecule has 0 amide bonds. The molecule has 0 spiro atoms. The maximum absolute atomic E-state index is 10.4. The van der Waals surface area contributed by atoms with Gasteiger partial charge in [0.1, 0.15) is 5.52 Å². The van der Waals surface area contributed by atoms with Gasteiger partial charge in [-0.15, -0.1) is 0 Å². The van der Waals surface area contributed by atoms with E-state index in [9.17, 15) is 15.2 Å². The molecule has 0 fully saturated rings. The molecule has 0 radical (unpaired) electrons. The van der Waals surface area contributed by atoms with Crippen LogP contribution in [-0.2, 0) is 0 Å². The number of hydrogen-bond acceptors (Lipinski definition) is 5. The van der Waals surface area contributed by atoms with E-state index in [1.165, 1.54) is 6.07 Å². The zero-order valence-electron chi connectivity index (χ0n) is 6.30. The average Bonchev–Trinajstić information content (AvgIpc) is 2.48. The lowest BCUT2D eigenvalue weighted by Crippen LogP contribution is -1.87. The van der Waals surface area contributed by atoms with Crippen LogP contribution in [0.2, 0.25) is 0 Å². The molecule has 0 saturated heterocycles. The molecular weight excluding hydrogens is 176 g/mol. The normalized spacial score (nSPS) is 10.5. The SMILES string of the molecule is O=[N+]([O-])c1cc2ocnc2cc1O. The fraction of sp³-hybridized carbons (Fsp3) is 0. The summed E-state index contributed by atoms with van der Waals surface area (Å²) in [4.78, 5) is 13.4. The number of fused-ring (bicyclic) bond motifs is 1. The minimum absolute atomic E-state index is 0.282. The quantitative estimate of drug-likeness (QED) is 0.529. The van der Waals surface area contributed by atoms with E-state index in [1.807, 2.05) is 0 Å². The number of hydrogen-bond donors (Lipinski definition) is 1. The molecule has 1 N–H and O–H groups in total. The predicted molar refractivity (Wildman–Crippen MR) is 42.3 cm³/mol. The summed E-state index contributed by atoms with van der Waals surface area (Å²) in [5.74, 6) is -0.411. The summed E-state index contributed by atoms with van der Waals surface area (Å²) in [7, 11) is 0. The lowest BCUT2D eigenvalue weighted by molar-refractivity contribution is -0.385. The molecule has 2 aromatic rings. The third-order valence-electron chi connectivity index (χ3n) is 1.62. The van der Waals surface area contributed by atoms with E-state index in [2.05, 4.69) is 4.98 Å². The Morgan fingerprint density at radius 3 is 3.00 bits per heavy atom. The van der Waals surface area contributed by atoms with Gasteiger partial charge < -0.3 is 9.52 Å². The van der Waals surface area contributed by atoms with Crippen molar-refractivity contribution in [3.05, 3.63) is 28.6 Å². The number of benzene rings is 1. The average molecular weight is 180 g/mol. The van der Waals surface area contributed by atoms with Crippen molar-refractivity contribution in [1.29, 1.82) is 0 Å². The Kier molecular flexibility index (Phi) is 1.42. The van der Waals surface area contributed by atoms with Crippen LogP contribution in [0.1, 0.15) is 0 Å². The molecule has 0 saturated carbocycles.